The van der Waals surface area contributed by atoms with Crippen molar-refractivity contribution in [2.75, 3.05) is 13.7 Å². The highest BCUT2D eigenvalue weighted by Gasteiger charge is 2.20. The number of nitrogens with zero attached hydrogens (tertiary/aromatic N) is 4. The molecule has 18 heavy (non-hydrogen) atoms. The summed E-state index contributed by atoms with van der Waals surface area (Å²) in [7, 11) is 1.51. The van der Waals surface area contributed by atoms with E-state index in [1.54, 1.807) is 13.0 Å². The summed E-state index contributed by atoms with van der Waals surface area (Å²) in [5.74, 6) is 0.451. The van der Waals surface area contributed by atoms with Crippen molar-refractivity contribution in [2.24, 2.45) is 5.11 Å². The maximum absolute atomic E-state index is 9.97. The summed E-state index contributed by atoms with van der Waals surface area (Å²) in [5.41, 5.74) is 9.43. The zero-order valence-corrected chi connectivity index (χ0v) is 10.3. The molecule has 7 nitrogen and oxygen atoms in total. The Morgan fingerprint density at radius 1 is 1.56 bits per heavy atom. The van der Waals surface area contributed by atoms with Crippen LogP contribution in [-0.2, 0) is 0 Å². The van der Waals surface area contributed by atoms with E-state index in [1.807, 2.05) is 0 Å². The highest BCUT2D eigenvalue weighted by Crippen LogP contribution is 2.23. The summed E-state index contributed by atoms with van der Waals surface area (Å²) >= 11 is 0. The summed E-state index contributed by atoms with van der Waals surface area (Å²) in [6.45, 7) is 1.93. The van der Waals surface area contributed by atoms with Gasteiger partial charge in [0.05, 0.1) is 13.2 Å². The molecule has 2 N–H and O–H groups in total. The fourth-order valence-corrected chi connectivity index (χ4v) is 1.56. The number of aromatic nitrogens is 1. The molecule has 0 radical (unpaired) electrons. The molecule has 0 fully saturated rings. The van der Waals surface area contributed by atoms with Gasteiger partial charge in [-0.25, -0.2) is 4.98 Å². The first kappa shape index (κ1) is 14.2. The lowest BCUT2D eigenvalue weighted by Gasteiger charge is -2.19. The second-order valence-corrected chi connectivity index (χ2v) is 3.84. The van der Waals surface area contributed by atoms with Crippen molar-refractivity contribution >= 4 is 0 Å². The maximum Gasteiger partial charge on any atom is 0.213 e. The predicted molar refractivity (Wildman–Crippen MR) is 65.1 cm³/mol. The third-order valence-corrected chi connectivity index (χ3v) is 2.61. The van der Waals surface area contributed by atoms with E-state index in [0.29, 0.717) is 11.4 Å². The molecule has 7 heteroatoms. The number of aryl methyl sites for hydroxylation is 1. The predicted octanol–water partition coefficient (Wildman–Crippen LogP) is 1.49. The van der Waals surface area contributed by atoms with Crippen LogP contribution in [-0.4, -0.2) is 35.0 Å². The van der Waals surface area contributed by atoms with E-state index < -0.39 is 12.2 Å². The van der Waals surface area contributed by atoms with Gasteiger partial charge in [-0.1, -0.05) is 5.11 Å². The second-order valence-electron chi connectivity index (χ2n) is 3.84. The van der Waals surface area contributed by atoms with Crippen LogP contribution < -0.4 is 4.74 Å². The van der Waals surface area contributed by atoms with Gasteiger partial charge >= 0.3 is 0 Å². The van der Waals surface area contributed by atoms with Crippen LogP contribution in [0.5, 0.6) is 5.88 Å². The van der Waals surface area contributed by atoms with Crippen LogP contribution in [0.25, 0.3) is 10.4 Å². The molecule has 98 valence electrons. The van der Waals surface area contributed by atoms with Crippen LogP contribution in [0.3, 0.4) is 0 Å². The molecule has 0 aliphatic heterocycles. The largest absolute Gasteiger partial charge is 0.481 e. The van der Waals surface area contributed by atoms with E-state index in [-0.39, 0.29) is 13.0 Å². The summed E-state index contributed by atoms with van der Waals surface area (Å²) in [4.78, 5) is 6.57. The molecule has 1 heterocycles. The molecule has 2 unspecified atom stereocenters. The molecule has 0 aliphatic carbocycles. The van der Waals surface area contributed by atoms with Crippen molar-refractivity contribution in [3.8, 4) is 5.88 Å². The molecule has 1 aromatic rings. The molecule has 0 bridgehead atoms. The van der Waals surface area contributed by atoms with E-state index in [2.05, 4.69) is 15.0 Å². The third kappa shape index (κ3) is 3.59. The van der Waals surface area contributed by atoms with Gasteiger partial charge in [0, 0.05) is 29.3 Å². The van der Waals surface area contributed by atoms with E-state index in [0.717, 1.165) is 5.56 Å². The standard InChI is InChI=1S/C11H16N4O3/c1-7-5-10(18-2)13-6-8(7)11(17)9(16)3-4-14-15-12/h5-6,9,11,16-17H,3-4H2,1-2H3. The van der Waals surface area contributed by atoms with Crippen LogP contribution in [0.4, 0.5) is 0 Å². The lowest BCUT2D eigenvalue weighted by Crippen LogP contribution is -2.20. The Morgan fingerprint density at radius 3 is 2.83 bits per heavy atom. The minimum absolute atomic E-state index is 0.136. The van der Waals surface area contributed by atoms with Crippen molar-refractivity contribution in [1.29, 1.82) is 0 Å². The topological polar surface area (TPSA) is 111 Å². The lowest BCUT2D eigenvalue weighted by atomic mass is 10.00. The molecule has 0 saturated carbocycles. The molecule has 0 aromatic carbocycles. The van der Waals surface area contributed by atoms with Gasteiger partial charge < -0.3 is 14.9 Å². The lowest BCUT2D eigenvalue weighted by molar-refractivity contribution is 0.0144. The molecule has 0 spiro atoms. The quantitative estimate of drug-likeness (QED) is 0.453. The van der Waals surface area contributed by atoms with Gasteiger partial charge in [0.2, 0.25) is 5.88 Å². The first-order valence-corrected chi connectivity index (χ1v) is 5.47. The van der Waals surface area contributed by atoms with Crippen LogP contribution >= 0.6 is 0 Å². The van der Waals surface area contributed by atoms with Gasteiger partial charge in [0.1, 0.15) is 6.10 Å². The summed E-state index contributed by atoms with van der Waals surface area (Å²) in [6.07, 6.45) is -0.395. The fourth-order valence-electron chi connectivity index (χ4n) is 1.56. The summed E-state index contributed by atoms with van der Waals surface area (Å²) < 4.78 is 4.96. The number of ether oxygens (including phenoxy) is 1. The number of hydrogen-bond donors (Lipinski definition) is 2. The first-order chi connectivity index (χ1) is 8.60. The molecule has 0 amide bonds. The van der Waals surface area contributed by atoms with Gasteiger partial charge in [-0.15, -0.1) is 0 Å². The summed E-state index contributed by atoms with van der Waals surface area (Å²) in [5, 5.41) is 23.0. The molecular weight excluding hydrogens is 236 g/mol. The monoisotopic (exact) mass is 252 g/mol. The number of hydrogen-bond acceptors (Lipinski definition) is 5. The molecule has 1 aromatic heterocycles. The van der Waals surface area contributed by atoms with Crippen LogP contribution in [0.2, 0.25) is 0 Å². The minimum Gasteiger partial charge on any atom is -0.481 e. The Labute approximate surface area is 105 Å². The minimum atomic E-state index is -1.06. The number of aliphatic hydroxyl groups is 2. The zero-order valence-electron chi connectivity index (χ0n) is 10.3. The highest BCUT2D eigenvalue weighted by molar-refractivity contribution is 5.30. The molecule has 1 rings (SSSR count). The van der Waals surface area contributed by atoms with E-state index >= 15 is 0 Å². The van der Waals surface area contributed by atoms with Crippen molar-refractivity contribution in [2.45, 2.75) is 25.6 Å². The van der Waals surface area contributed by atoms with Gasteiger partial charge in [-0.05, 0) is 24.4 Å². The normalized spacial score (nSPS) is 13.6. The van der Waals surface area contributed by atoms with Crippen LogP contribution in [0.15, 0.2) is 17.4 Å². The third-order valence-electron chi connectivity index (χ3n) is 2.61. The van der Waals surface area contributed by atoms with Gasteiger partial charge in [-0.3, -0.25) is 0 Å². The van der Waals surface area contributed by atoms with Crippen molar-refractivity contribution in [1.82, 2.24) is 4.98 Å². The van der Waals surface area contributed by atoms with E-state index in [4.69, 9.17) is 10.3 Å². The number of methoxy groups -OCH3 is 1. The SMILES string of the molecule is COc1cc(C)c(C(O)C(O)CCN=[N+]=[N-])cn1. The maximum atomic E-state index is 9.97. The smallest absolute Gasteiger partial charge is 0.213 e. The van der Waals surface area contributed by atoms with E-state index in [1.165, 1.54) is 13.3 Å². The second kappa shape index (κ2) is 6.80. The Kier molecular flexibility index (Phi) is 5.38. The number of azide groups is 1. The number of rotatable bonds is 6. The zero-order chi connectivity index (χ0) is 13.5. The number of pyridine rings is 1. The molecule has 0 saturated heterocycles. The van der Waals surface area contributed by atoms with Gasteiger partial charge in [0.15, 0.2) is 0 Å². The average Bonchev–Trinajstić information content (AvgIpc) is 2.38. The van der Waals surface area contributed by atoms with E-state index in [9.17, 15) is 10.2 Å². The van der Waals surface area contributed by atoms with Crippen molar-refractivity contribution < 1.29 is 14.9 Å². The van der Waals surface area contributed by atoms with Gasteiger partial charge in [-0.2, -0.15) is 0 Å². The fraction of sp³-hybridized carbons (Fsp3) is 0.545. The highest BCUT2D eigenvalue weighted by atomic mass is 16.5. The Morgan fingerprint density at radius 2 is 2.28 bits per heavy atom. The number of aliphatic hydroxyl groups excluding tert-OH is 2. The molecular formula is C11H16N4O3. The Hall–Kier alpha value is -1.82. The Bertz CT molecular complexity index is 446. The molecule has 2 atom stereocenters. The summed E-state index contributed by atoms with van der Waals surface area (Å²) in [6, 6.07) is 1.68. The average molecular weight is 252 g/mol. The first-order valence-electron chi connectivity index (χ1n) is 5.47. The van der Waals surface area contributed by atoms with Crippen molar-refractivity contribution in [3.05, 3.63) is 33.8 Å². The van der Waals surface area contributed by atoms with Crippen molar-refractivity contribution in [3.63, 3.8) is 0 Å². The van der Waals surface area contributed by atoms with Crippen LogP contribution in [0.1, 0.15) is 23.7 Å². The van der Waals surface area contributed by atoms with Crippen LogP contribution in [0, 0.1) is 6.92 Å². The Balaban J connectivity index is 2.76. The molecule has 0 aliphatic rings. The van der Waals surface area contributed by atoms with Gasteiger partial charge in [0.25, 0.3) is 0 Å².